The number of nitrogens with zero attached hydrogens (tertiary/aromatic N) is 4. The molecule has 2 aromatic carbocycles. The van der Waals surface area contributed by atoms with E-state index in [4.69, 9.17) is 0 Å². The van der Waals surface area contributed by atoms with Gasteiger partial charge in [0.05, 0.1) is 20.4 Å². The van der Waals surface area contributed by atoms with E-state index in [0.717, 1.165) is 68.6 Å². The first-order valence-corrected chi connectivity index (χ1v) is 14.2. The molecule has 0 saturated carbocycles. The summed E-state index contributed by atoms with van der Waals surface area (Å²) in [6, 6.07) is 12.4. The molecule has 0 aliphatic carbocycles. The van der Waals surface area contributed by atoms with Gasteiger partial charge in [0.1, 0.15) is 0 Å². The highest BCUT2D eigenvalue weighted by Gasteiger charge is 2.08. The van der Waals surface area contributed by atoms with E-state index < -0.39 is 0 Å². The normalized spacial score (nSPS) is 12.8. The van der Waals surface area contributed by atoms with E-state index in [1.54, 1.807) is 22.7 Å². The molecule has 0 aliphatic heterocycles. The Morgan fingerprint density at radius 2 is 1.06 bits per heavy atom. The van der Waals surface area contributed by atoms with Crippen molar-refractivity contribution in [1.29, 1.82) is 0 Å². The Bertz CT molecular complexity index is 1420. The highest BCUT2D eigenvalue weighted by molar-refractivity contribution is 7.16. The molecule has 6 nitrogen and oxygen atoms in total. The number of carbonyl (C=O) groups is 2. The van der Waals surface area contributed by atoms with Crippen molar-refractivity contribution in [1.82, 2.24) is 9.13 Å². The van der Waals surface area contributed by atoms with E-state index in [2.05, 4.69) is 48.1 Å². The van der Waals surface area contributed by atoms with Gasteiger partial charge >= 0.3 is 0 Å². The SMILES string of the molecule is Cc1cccc2sc(=NC(=O)CCCCCCCCC(=O)N=c3sc4cccc(C)c4n3C)n(C)c12. The van der Waals surface area contributed by atoms with Crippen LogP contribution in [-0.2, 0) is 23.7 Å². The first kappa shape index (κ1) is 26.2. The van der Waals surface area contributed by atoms with Crippen LogP contribution in [0.15, 0.2) is 46.4 Å². The highest BCUT2D eigenvalue weighted by atomic mass is 32.1. The molecule has 8 heteroatoms. The van der Waals surface area contributed by atoms with Crippen LogP contribution in [0.4, 0.5) is 0 Å². The highest BCUT2D eigenvalue weighted by Crippen LogP contribution is 2.21. The van der Waals surface area contributed by atoms with Crippen LogP contribution in [0.5, 0.6) is 0 Å². The number of aryl methyl sites for hydroxylation is 4. The van der Waals surface area contributed by atoms with Gasteiger partial charge in [-0.3, -0.25) is 9.59 Å². The molecule has 0 spiro atoms. The van der Waals surface area contributed by atoms with Crippen LogP contribution in [0, 0.1) is 13.8 Å². The second kappa shape index (κ2) is 11.9. The molecule has 2 amide bonds. The summed E-state index contributed by atoms with van der Waals surface area (Å²) in [4.78, 5) is 35.0. The number of amides is 2. The standard InChI is InChI=1S/C28H34N4O2S2/c1-19-13-11-15-21-25(19)31(3)27(35-21)29-23(33)17-9-7-5-6-8-10-18-24(34)30-28-32(4)26-20(2)14-12-16-22(26)36-28/h11-16H,5-10,17-18H2,1-4H3. The zero-order valence-corrected chi connectivity index (χ0v) is 23.2. The Morgan fingerprint density at radius 1 is 0.667 bits per heavy atom. The molecule has 36 heavy (non-hydrogen) atoms. The largest absolute Gasteiger partial charge is 0.319 e. The summed E-state index contributed by atoms with van der Waals surface area (Å²) in [7, 11) is 3.94. The summed E-state index contributed by atoms with van der Waals surface area (Å²) in [5.41, 5.74) is 4.68. The van der Waals surface area contributed by atoms with Crippen molar-refractivity contribution in [3.05, 3.63) is 57.1 Å². The van der Waals surface area contributed by atoms with Gasteiger partial charge in [-0.25, -0.2) is 0 Å². The molecule has 0 N–H and O–H groups in total. The minimum absolute atomic E-state index is 0.0494. The third kappa shape index (κ3) is 6.10. The fourth-order valence-electron chi connectivity index (χ4n) is 4.59. The van der Waals surface area contributed by atoms with Crippen molar-refractivity contribution < 1.29 is 9.59 Å². The molecule has 0 fully saturated rings. The Balaban J connectivity index is 1.16. The topological polar surface area (TPSA) is 68.7 Å². The minimum atomic E-state index is -0.0494. The van der Waals surface area contributed by atoms with Crippen LogP contribution in [0.2, 0.25) is 0 Å². The first-order chi connectivity index (χ1) is 17.3. The van der Waals surface area contributed by atoms with Crippen molar-refractivity contribution in [3.8, 4) is 0 Å². The number of hydrogen-bond donors (Lipinski definition) is 0. The third-order valence-electron chi connectivity index (χ3n) is 6.52. The summed E-state index contributed by atoms with van der Waals surface area (Å²) in [5, 5.41) is 0. The molecule has 4 aromatic rings. The monoisotopic (exact) mass is 522 g/mol. The lowest BCUT2D eigenvalue weighted by Gasteiger charge is -2.01. The Labute approximate surface area is 219 Å². The number of unbranched alkanes of at least 4 members (excludes halogenated alkanes) is 5. The van der Waals surface area contributed by atoms with E-state index in [-0.39, 0.29) is 11.8 Å². The van der Waals surface area contributed by atoms with Crippen molar-refractivity contribution in [2.75, 3.05) is 0 Å². The quantitative estimate of drug-likeness (QED) is 0.250. The Morgan fingerprint density at radius 3 is 1.44 bits per heavy atom. The summed E-state index contributed by atoms with van der Waals surface area (Å²) < 4.78 is 6.34. The molecular weight excluding hydrogens is 488 g/mol. The summed E-state index contributed by atoms with van der Waals surface area (Å²) in [6.45, 7) is 4.16. The van der Waals surface area contributed by atoms with Gasteiger partial charge in [-0.2, -0.15) is 9.98 Å². The zero-order valence-electron chi connectivity index (χ0n) is 21.5. The van der Waals surface area contributed by atoms with Gasteiger partial charge in [0.2, 0.25) is 11.8 Å². The summed E-state index contributed by atoms with van der Waals surface area (Å²) in [5.74, 6) is -0.0989. The van der Waals surface area contributed by atoms with Crippen molar-refractivity contribution >= 4 is 54.9 Å². The zero-order chi connectivity index (χ0) is 25.7. The maximum atomic E-state index is 12.4. The molecule has 2 heterocycles. The number of benzene rings is 2. The van der Waals surface area contributed by atoms with Gasteiger partial charge in [-0.1, -0.05) is 72.6 Å². The van der Waals surface area contributed by atoms with Gasteiger partial charge in [-0.15, -0.1) is 0 Å². The lowest BCUT2D eigenvalue weighted by atomic mass is 10.1. The third-order valence-corrected chi connectivity index (χ3v) is 8.71. The van der Waals surface area contributed by atoms with Gasteiger partial charge in [0.25, 0.3) is 0 Å². The smallest absolute Gasteiger partial charge is 0.248 e. The van der Waals surface area contributed by atoms with Crippen LogP contribution < -0.4 is 9.60 Å². The van der Waals surface area contributed by atoms with Gasteiger partial charge < -0.3 is 9.13 Å². The molecular formula is C28H34N4O2S2. The molecule has 0 radical (unpaired) electrons. The van der Waals surface area contributed by atoms with Crippen molar-refractivity contribution in [2.24, 2.45) is 24.1 Å². The molecule has 2 aromatic heterocycles. The number of thiazole rings is 2. The molecule has 0 aliphatic rings. The van der Waals surface area contributed by atoms with Gasteiger partial charge in [0, 0.05) is 26.9 Å². The van der Waals surface area contributed by atoms with Crippen LogP contribution >= 0.6 is 22.7 Å². The lowest BCUT2D eigenvalue weighted by Crippen LogP contribution is -2.13. The number of hydrogen-bond acceptors (Lipinski definition) is 4. The second-order valence-corrected chi connectivity index (χ2v) is 11.4. The van der Waals surface area contributed by atoms with Crippen LogP contribution in [0.1, 0.15) is 62.5 Å². The number of fused-ring (bicyclic) bond motifs is 2. The predicted octanol–water partition coefficient (Wildman–Crippen LogP) is 6.09. The first-order valence-electron chi connectivity index (χ1n) is 12.6. The van der Waals surface area contributed by atoms with Gasteiger partial charge in [-0.05, 0) is 49.9 Å². The van der Waals surface area contributed by atoms with E-state index in [0.29, 0.717) is 12.8 Å². The van der Waals surface area contributed by atoms with E-state index in [9.17, 15) is 9.59 Å². The maximum Gasteiger partial charge on any atom is 0.248 e. The molecule has 190 valence electrons. The molecule has 0 atom stereocenters. The fourth-order valence-corrected chi connectivity index (χ4v) is 6.82. The number of aromatic nitrogens is 2. The number of rotatable bonds is 9. The van der Waals surface area contributed by atoms with Gasteiger partial charge in [0.15, 0.2) is 9.60 Å². The van der Waals surface area contributed by atoms with Crippen molar-refractivity contribution in [3.63, 3.8) is 0 Å². The van der Waals surface area contributed by atoms with E-state index >= 15 is 0 Å². The number of para-hydroxylation sites is 2. The fraction of sp³-hybridized carbons (Fsp3) is 0.429. The van der Waals surface area contributed by atoms with E-state index in [1.165, 1.54) is 11.1 Å². The van der Waals surface area contributed by atoms with Crippen LogP contribution in [0.3, 0.4) is 0 Å². The summed E-state index contributed by atoms with van der Waals surface area (Å²) >= 11 is 3.13. The van der Waals surface area contributed by atoms with Crippen molar-refractivity contribution in [2.45, 2.75) is 65.2 Å². The summed E-state index contributed by atoms with van der Waals surface area (Å²) in [6.07, 6.45) is 6.82. The maximum absolute atomic E-state index is 12.4. The van der Waals surface area contributed by atoms with Crippen LogP contribution in [0.25, 0.3) is 20.4 Å². The molecule has 4 rings (SSSR count). The van der Waals surface area contributed by atoms with E-state index in [1.807, 2.05) is 35.4 Å². The Kier molecular flexibility index (Phi) is 8.69. The molecule has 0 unspecified atom stereocenters. The second-order valence-electron chi connectivity index (χ2n) is 9.36. The molecule has 0 saturated heterocycles. The lowest BCUT2D eigenvalue weighted by molar-refractivity contribution is -0.119. The molecule has 0 bridgehead atoms. The predicted molar refractivity (Wildman–Crippen MR) is 149 cm³/mol. The minimum Gasteiger partial charge on any atom is -0.319 e. The Hall–Kier alpha value is -2.84. The average Bonchev–Trinajstić information content (AvgIpc) is 3.33. The number of carbonyl (C=O) groups excluding carboxylic acids is 2. The van der Waals surface area contributed by atoms with Crippen LogP contribution in [-0.4, -0.2) is 20.9 Å². The average molecular weight is 523 g/mol.